The first-order valence-corrected chi connectivity index (χ1v) is 9.32. The fourth-order valence-electron chi connectivity index (χ4n) is 3.40. The van der Waals surface area contributed by atoms with Gasteiger partial charge in [0.1, 0.15) is 23.3 Å². The Balaban J connectivity index is 1.72. The highest BCUT2D eigenvalue weighted by Gasteiger charge is 2.31. The molecule has 1 aromatic heterocycles. The van der Waals surface area contributed by atoms with E-state index < -0.39 is 6.04 Å². The van der Waals surface area contributed by atoms with Crippen molar-refractivity contribution in [2.75, 3.05) is 7.11 Å². The summed E-state index contributed by atoms with van der Waals surface area (Å²) in [5, 5.41) is 2.92. The van der Waals surface area contributed by atoms with E-state index in [1.165, 1.54) is 0 Å². The van der Waals surface area contributed by atoms with Crippen LogP contribution in [0.3, 0.4) is 0 Å². The van der Waals surface area contributed by atoms with E-state index in [9.17, 15) is 9.59 Å². The van der Waals surface area contributed by atoms with Gasteiger partial charge in [-0.15, -0.1) is 0 Å². The number of carbonyl (C=O) groups is 2. The fourth-order valence-corrected chi connectivity index (χ4v) is 3.40. The van der Waals surface area contributed by atoms with Crippen molar-refractivity contribution >= 4 is 11.8 Å². The summed E-state index contributed by atoms with van der Waals surface area (Å²) in [6.07, 6.45) is 2.82. The summed E-state index contributed by atoms with van der Waals surface area (Å²) in [6.45, 7) is 2.59. The minimum absolute atomic E-state index is 0.0179. The predicted octanol–water partition coefficient (Wildman–Crippen LogP) is 3.18. The van der Waals surface area contributed by atoms with Crippen molar-refractivity contribution in [3.8, 4) is 5.75 Å². The monoisotopic (exact) mass is 370 g/mol. The maximum atomic E-state index is 12.8. The minimum Gasteiger partial charge on any atom is -0.497 e. The van der Waals surface area contributed by atoms with Crippen LogP contribution >= 0.6 is 0 Å². The third kappa shape index (κ3) is 4.90. The summed E-state index contributed by atoms with van der Waals surface area (Å²) in [5.74, 6) is 2.14. The number of hydrogen-bond donors (Lipinski definition) is 1. The number of methoxy groups -OCH3 is 1. The average molecular weight is 370 g/mol. The van der Waals surface area contributed by atoms with Crippen molar-refractivity contribution in [2.24, 2.45) is 0 Å². The molecular weight excluding hydrogens is 344 g/mol. The van der Waals surface area contributed by atoms with Crippen LogP contribution in [0.2, 0.25) is 0 Å². The Labute approximate surface area is 159 Å². The largest absolute Gasteiger partial charge is 0.497 e. The molecule has 0 bridgehead atoms. The Morgan fingerprint density at radius 1 is 1.30 bits per heavy atom. The lowest BCUT2D eigenvalue weighted by molar-refractivity contribution is -0.140. The van der Waals surface area contributed by atoms with Gasteiger partial charge in [0.15, 0.2) is 0 Å². The van der Waals surface area contributed by atoms with Crippen LogP contribution in [0.5, 0.6) is 5.75 Å². The van der Waals surface area contributed by atoms with Crippen LogP contribution in [0.1, 0.15) is 42.8 Å². The summed E-state index contributed by atoms with van der Waals surface area (Å²) in [4.78, 5) is 27.2. The van der Waals surface area contributed by atoms with Crippen LogP contribution in [0.25, 0.3) is 0 Å². The molecular formula is C21H26N2O4. The molecule has 6 nitrogen and oxygen atoms in total. The van der Waals surface area contributed by atoms with Crippen LogP contribution < -0.4 is 10.1 Å². The van der Waals surface area contributed by atoms with Gasteiger partial charge < -0.3 is 19.4 Å². The fraction of sp³-hybridized carbons (Fsp3) is 0.429. The zero-order valence-corrected chi connectivity index (χ0v) is 15.9. The van der Waals surface area contributed by atoms with Gasteiger partial charge in [-0.1, -0.05) is 18.6 Å². The molecule has 2 heterocycles. The van der Waals surface area contributed by atoms with Crippen LogP contribution in [0, 0.1) is 6.92 Å². The maximum Gasteiger partial charge on any atom is 0.243 e. The highest BCUT2D eigenvalue weighted by molar-refractivity contribution is 5.88. The predicted molar refractivity (Wildman–Crippen MR) is 101 cm³/mol. The summed E-state index contributed by atoms with van der Waals surface area (Å²) >= 11 is 0. The minimum atomic E-state index is -0.470. The number of amides is 2. The van der Waals surface area contributed by atoms with E-state index in [4.69, 9.17) is 9.15 Å². The molecule has 27 heavy (non-hydrogen) atoms. The molecule has 0 saturated carbocycles. The summed E-state index contributed by atoms with van der Waals surface area (Å²) in [5.41, 5.74) is 0.948. The number of nitrogens with one attached hydrogen (secondary N) is 1. The van der Waals surface area contributed by atoms with E-state index in [-0.39, 0.29) is 11.8 Å². The Hall–Kier alpha value is -2.76. The van der Waals surface area contributed by atoms with Gasteiger partial charge in [0, 0.05) is 13.0 Å². The molecule has 1 aliphatic rings. The Morgan fingerprint density at radius 2 is 2.15 bits per heavy atom. The number of benzene rings is 1. The summed E-state index contributed by atoms with van der Waals surface area (Å²) in [7, 11) is 1.61. The van der Waals surface area contributed by atoms with Crippen molar-refractivity contribution in [2.45, 2.75) is 51.7 Å². The van der Waals surface area contributed by atoms with Gasteiger partial charge in [0.2, 0.25) is 11.8 Å². The van der Waals surface area contributed by atoms with Crippen molar-refractivity contribution in [3.63, 3.8) is 0 Å². The van der Waals surface area contributed by atoms with E-state index in [0.717, 1.165) is 29.9 Å². The molecule has 144 valence electrons. The first-order chi connectivity index (χ1) is 13.1. The average Bonchev–Trinajstić information content (AvgIpc) is 3.01. The first-order valence-electron chi connectivity index (χ1n) is 9.32. The number of aryl methyl sites for hydroxylation is 1. The number of likely N-dealkylation sites (tertiary alicyclic amines) is 1. The third-order valence-corrected chi connectivity index (χ3v) is 4.84. The molecule has 6 heteroatoms. The Bertz CT molecular complexity index is 799. The van der Waals surface area contributed by atoms with Crippen molar-refractivity contribution < 1.29 is 18.7 Å². The lowest BCUT2D eigenvalue weighted by Gasteiger charge is -2.29. The van der Waals surface area contributed by atoms with E-state index >= 15 is 0 Å². The standard InChI is InChI=1S/C21H26N2O4/c1-15-10-11-18(27-15)13-22-21(25)19-8-3-4-9-20(24)23(19)14-16-6-5-7-17(12-16)26-2/h5-7,10-12,19H,3-4,8-9,13-14H2,1-2H3,(H,22,25). The van der Waals surface area contributed by atoms with Gasteiger partial charge in [-0.25, -0.2) is 0 Å². The second kappa shape index (κ2) is 8.75. The molecule has 2 aromatic rings. The molecule has 1 atom stereocenters. The van der Waals surface area contributed by atoms with Crippen molar-refractivity contribution in [1.29, 1.82) is 0 Å². The zero-order chi connectivity index (χ0) is 19.2. The Kier molecular flexibility index (Phi) is 6.16. The van der Waals surface area contributed by atoms with Crippen LogP contribution in [-0.2, 0) is 22.7 Å². The highest BCUT2D eigenvalue weighted by atomic mass is 16.5. The lowest BCUT2D eigenvalue weighted by atomic mass is 10.1. The molecule has 2 amide bonds. The second-order valence-electron chi connectivity index (χ2n) is 6.86. The van der Waals surface area contributed by atoms with E-state index in [0.29, 0.717) is 31.7 Å². The molecule has 1 aromatic carbocycles. The molecule has 1 N–H and O–H groups in total. The smallest absolute Gasteiger partial charge is 0.243 e. The van der Waals surface area contributed by atoms with Crippen molar-refractivity contribution in [3.05, 3.63) is 53.5 Å². The first kappa shape index (κ1) is 19.0. The second-order valence-corrected chi connectivity index (χ2v) is 6.86. The Morgan fingerprint density at radius 3 is 2.89 bits per heavy atom. The van der Waals surface area contributed by atoms with Gasteiger partial charge in [-0.05, 0) is 49.6 Å². The van der Waals surface area contributed by atoms with Gasteiger partial charge in [-0.2, -0.15) is 0 Å². The van der Waals surface area contributed by atoms with Crippen LogP contribution in [0.15, 0.2) is 40.8 Å². The van der Waals surface area contributed by atoms with E-state index in [2.05, 4.69) is 5.32 Å². The van der Waals surface area contributed by atoms with Crippen molar-refractivity contribution in [1.82, 2.24) is 10.2 Å². The molecule has 1 saturated heterocycles. The highest BCUT2D eigenvalue weighted by Crippen LogP contribution is 2.22. The molecule has 0 aliphatic carbocycles. The number of furan rings is 1. The van der Waals surface area contributed by atoms with Gasteiger partial charge in [0.25, 0.3) is 0 Å². The normalized spacial score (nSPS) is 17.5. The van der Waals surface area contributed by atoms with Crippen LogP contribution in [-0.4, -0.2) is 29.9 Å². The molecule has 1 aliphatic heterocycles. The maximum absolute atomic E-state index is 12.8. The topological polar surface area (TPSA) is 71.8 Å². The number of ether oxygens (including phenoxy) is 1. The molecule has 1 fully saturated rings. The lowest BCUT2D eigenvalue weighted by Crippen LogP contribution is -2.48. The molecule has 1 unspecified atom stereocenters. The van der Waals surface area contributed by atoms with Gasteiger partial charge in [0.05, 0.1) is 13.7 Å². The number of nitrogens with zero attached hydrogens (tertiary/aromatic N) is 1. The van der Waals surface area contributed by atoms with E-state index in [1.807, 2.05) is 43.3 Å². The quantitative estimate of drug-likeness (QED) is 0.848. The van der Waals surface area contributed by atoms with E-state index in [1.54, 1.807) is 12.0 Å². The van der Waals surface area contributed by atoms with Gasteiger partial charge in [-0.3, -0.25) is 9.59 Å². The third-order valence-electron chi connectivity index (χ3n) is 4.84. The summed E-state index contributed by atoms with van der Waals surface area (Å²) < 4.78 is 10.8. The number of carbonyl (C=O) groups excluding carboxylic acids is 2. The number of hydrogen-bond acceptors (Lipinski definition) is 4. The SMILES string of the molecule is COc1cccc(CN2C(=O)CCCCC2C(=O)NCc2ccc(C)o2)c1. The molecule has 0 spiro atoms. The van der Waals surface area contributed by atoms with Crippen LogP contribution in [0.4, 0.5) is 0 Å². The van der Waals surface area contributed by atoms with Gasteiger partial charge >= 0.3 is 0 Å². The summed E-state index contributed by atoms with van der Waals surface area (Å²) in [6, 6.07) is 10.9. The zero-order valence-electron chi connectivity index (χ0n) is 15.9. The molecule has 0 radical (unpaired) electrons. The molecule has 3 rings (SSSR count). The number of rotatable bonds is 6.